The third-order valence-corrected chi connectivity index (χ3v) is 11.8. The monoisotopic (exact) mass is 954 g/mol. The molecule has 70 heavy (non-hydrogen) atoms. The molecule has 6 aromatic rings. The molecule has 0 unspecified atom stereocenters. The third-order valence-electron chi connectivity index (χ3n) is 11.8. The van der Waals surface area contributed by atoms with Gasteiger partial charge in [-0.1, -0.05) is 36.4 Å². The second kappa shape index (κ2) is 21.0. The Hall–Kier alpha value is -8.79. The van der Waals surface area contributed by atoms with Crippen LogP contribution in [0.2, 0.25) is 0 Å². The Morgan fingerprint density at radius 2 is 1.07 bits per heavy atom. The topological polar surface area (TPSA) is 235 Å². The maximum Gasteiger partial charge on any atom is 0.295 e. The number of carbonyl (C=O) groups excluding carboxylic acids is 6. The summed E-state index contributed by atoms with van der Waals surface area (Å²) in [5, 5.41) is 13.6. The number of hydrogen-bond acceptors (Lipinski definition) is 13. The van der Waals surface area contributed by atoms with E-state index in [1.54, 1.807) is 84.5 Å². The Morgan fingerprint density at radius 1 is 0.600 bits per heavy atom. The van der Waals surface area contributed by atoms with Gasteiger partial charge < -0.3 is 40.4 Å². The summed E-state index contributed by atoms with van der Waals surface area (Å²) in [6, 6.07) is 23.3. The van der Waals surface area contributed by atoms with Crippen LogP contribution in [0, 0.1) is 11.6 Å². The van der Waals surface area contributed by atoms with Gasteiger partial charge in [-0.3, -0.25) is 39.2 Å². The van der Waals surface area contributed by atoms with E-state index in [2.05, 4.69) is 47.0 Å². The highest BCUT2D eigenvalue weighted by molar-refractivity contribution is 6.45. The molecule has 0 bridgehead atoms. The molecule has 4 aromatic carbocycles. The van der Waals surface area contributed by atoms with Gasteiger partial charge in [-0.2, -0.15) is 5.10 Å². The van der Waals surface area contributed by atoms with Gasteiger partial charge in [0.25, 0.3) is 35.2 Å². The summed E-state index contributed by atoms with van der Waals surface area (Å²) in [5.74, 6) is -3.88. The SMILES string of the molecule is CN/N=C(\NNC)c1ccc(F)c2c(C(=O)C(=O)N3CCN(C(=O)c4ccccc4)CC3)c[nH]c12.CN1C=NN=C(c2ccc(F)c3c(C(=O)C(=O)N4CCN(C(=O)c5ccccc5)CC4)c[nH]c23)N1. The molecule has 360 valence electrons. The van der Waals surface area contributed by atoms with Crippen molar-refractivity contribution in [3.05, 3.63) is 142 Å². The van der Waals surface area contributed by atoms with Crippen molar-refractivity contribution in [3.8, 4) is 0 Å². The van der Waals surface area contributed by atoms with Gasteiger partial charge >= 0.3 is 0 Å². The Labute approximate surface area is 399 Å². The number of H-pyrrole nitrogens is 2. The molecule has 3 aliphatic heterocycles. The molecule has 2 saturated heterocycles. The predicted molar refractivity (Wildman–Crippen MR) is 257 cm³/mol. The Balaban J connectivity index is 0.000000188. The molecule has 0 spiro atoms. The highest BCUT2D eigenvalue weighted by Gasteiger charge is 2.33. The average molecular weight is 955 g/mol. The lowest BCUT2D eigenvalue weighted by molar-refractivity contribution is -0.128. The number of aromatic nitrogens is 2. The highest BCUT2D eigenvalue weighted by atomic mass is 19.1. The first-order valence-corrected chi connectivity index (χ1v) is 22.1. The Kier molecular flexibility index (Phi) is 14.3. The van der Waals surface area contributed by atoms with E-state index in [9.17, 15) is 37.5 Å². The second-order valence-electron chi connectivity index (χ2n) is 16.1. The van der Waals surface area contributed by atoms with Crippen LogP contribution in [0.1, 0.15) is 52.6 Å². The lowest BCUT2D eigenvalue weighted by Crippen LogP contribution is -2.52. The first-order valence-electron chi connectivity index (χ1n) is 22.1. The summed E-state index contributed by atoms with van der Waals surface area (Å²) in [5.41, 5.74) is 14.0. The first kappa shape index (κ1) is 47.7. The van der Waals surface area contributed by atoms with Crippen LogP contribution in [0.3, 0.4) is 0 Å². The van der Waals surface area contributed by atoms with Crippen LogP contribution in [0.5, 0.6) is 0 Å². The number of nitrogens with one attached hydrogen (secondary N) is 6. The fourth-order valence-electron chi connectivity index (χ4n) is 8.32. The fraction of sp³-hybridized carbons (Fsp3) is 0.229. The summed E-state index contributed by atoms with van der Waals surface area (Å²) < 4.78 is 29.7. The number of carbonyl (C=O) groups is 6. The zero-order chi connectivity index (χ0) is 49.5. The minimum absolute atomic E-state index is 0.0143. The first-order chi connectivity index (χ1) is 33.9. The molecule has 2 fully saturated rings. The number of hydrogen-bond donors (Lipinski definition) is 6. The molecule has 2 aromatic heterocycles. The number of ketones is 2. The van der Waals surface area contributed by atoms with Gasteiger partial charge in [0, 0.05) is 119 Å². The van der Waals surface area contributed by atoms with Crippen LogP contribution in [0.25, 0.3) is 21.8 Å². The number of halogens is 2. The molecule has 0 saturated carbocycles. The summed E-state index contributed by atoms with van der Waals surface area (Å²) in [4.78, 5) is 89.4. The molecule has 5 heterocycles. The fourth-order valence-corrected chi connectivity index (χ4v) is 8.32. The third kappa shape index (κ3) is 9.78. The van der Waals surface area contributed by atoms with E-state index < -0.39 is 35.0 Å². The van der Waals surface area contributed by atoms with Gasteiger partial charge in [-0.15, -0.1) is 10.2 Å². The van der Waals surface area contributed by atoms with E-state index in [1.807, 2.05) is 12.1 Å². The number of benzene rings is 4. The summed E-state index contributed by atoms with van der Waals surface area (Å²) in [6.45, 7) is 2.07. The number of nitrogens with zero attached hydrogens (tertiary/aromatic N) is 8. The summed E-state index contributed by atoms with van der Waals surface area (Å²) >= 11 is 0. The molecule has 6 N–H and O–H groups in total. The van der Waals surface area contributed by atoms with E-state index in [1.165, 1.54) is 52.8 Å². The van der Waals surface area contributed by atoms with Crippen LogP contribution >= 0.6 is 0 Å². The van der Waals surface area contributed by atoms with E-state index >= 15 is 0 Å². The van der Waals surface area contributed by atoms with E-state index in [-0.39, 0.29) is 59.9 Å². The number of aromatic amines is 2. The van der Waals surface area contributed by atoms with Crippen molar-refractivity contribution in [2.75, 3.05) is 73.5 Å². The number of amidine groups is 2. The van der Waals surface area contributed by atoms with Gasteiger partial charge in [0.05, 0.1) is 22.2 Å². The average Bonchev–Trinajstić information content (AvgIpc) is 4.06. The van der Waals surface area contributed by atoms with Crippen LogP contribution in [0.15, 0.2) is 113 Å². The van der Waals surface area contributed by atoms with Crippen molar-refractivity contribution in [1.29, 1.82) is 0 Å². The quantitative estimate of drug-likeness (QED) is 0.0384. The molecule has 0 atom stereocenters. The second-order valence-corrected chi connectivity index (χ2v) is 16.1. The predicted octanol–water partition coefficient (Wildman–Crippen LogP) is 2.69. The van der Waals surface area contributed by atoms with Gasteiger partial charge in [0.15, 0.2) is 11.7 Å². The molecule has 20 nitrogen and oxygen atoms in total. The maximum absolute atomic E-state index is 14.8. The molecule has 22 heteroatoms. The number of fused-ring (bicyclic) bond motifs is 2. The standard InChI is InChI=1S/C24H22FN7O3.C24H26FN7O3/c1-30-14-27-28-22(29-30)16-7-8-18(25)19-17(13-26-20(16)19)21(33)24(35)32-11-9-31(10-12-32)23(34)15-5-3-2-4-6-15;1-26-29-22(30-27-2)16-8-9-18(25)19-17(14-28-20(16)19)21(33)24(35)32-12-10-31(11-13-32)23(34)15-6-4-3-5-7-15/h2-8,13-14,26H,9-12H2,1H3,(H,28,29);3-9,14,26-28H,10-13H2,1-2H3,(H,29,30). The molecular weight excluding hydrogens is 907 g/mol. The van der Waals surface area contributed by atoms with Crippen LogP contribution in [-0.4, -0.2) is 161 Å². The Bertz CT molecular complexity index is 3070. The summed E-state index contributed by atoms with van der Waals surface area (Å²) in [7, 11) is 5.00. The number of hydrazine groups is 2. The van der Waals surface area contributed by atoms with Crippen LogP contribution < -0.4 is 21.7 Å². The number of rotatable bonds is 10. The van der Waals surface area contributed by atoms with Crippen molar-refractivity contribution in [2.24, 2.45) is 15.3 Å². The van der Waals surface area contributed by atoms with E-state index in [0.717, 1.165) is 0 Å². The molecule has 3 aliphatic rings. The van der Waals surface area contributed by atoms with E-state index in [0.29, 0.717) is 71.1 Å². The number of hydrazone groups is 1. The summed E-state index contributed by atoms with van der Waals surface area (Å²) in [6.07, 6.45) is 4.14. The minimum atomic E-state index is -0.816. The van der Waals surface area contributed by atoms with E-state index in [4.69, 9.17) is 0 Å². The number of Topliss-reactive ketones (excluding diaryl/α,β-unsaturated/α-hetero) is 2. The maximum atomic E-state index is 14.8. The lowest BCUT2D eigenvalue weighted by atomic mass is 10.0. The molecular formula is C48H48F2N14O6. The molecule has 9 rings (SSSR count). The zero-order valence-corrected chi connectivity index (χ0v) is 38.3. The van der Waals surface area contributed by atoms with Gasteiger partial charge in [0.2, 0.25) is 0 Å². The van der Waals surface area contributed by atoms with Gasteiger partial charge in [0.1, 0.15) is 18.0 Å². The van der Waals surface area contributed by atoms with Crippen molar-refractivity contribution < 1.29 is 37.5 Å². The van der Waals surface area contributed by atoms with Crippen molar-refractivity contribution in [3.63, 3.8) is 0 Å². The van der Waals surface area contributed by atoms with Crippen LogP contribution in [-0.2, 0) is 9.59 Å². The van der Waals surface area contributed by atoms with Crippen molar-refractivity contribution in [2.45, 2.75) is 0 Å². The number of piperazine rings is 2. The number of amides is 4. The minimum Gasteiger partial charge on any atom is -0.360 e. The van der Waals surface area contributed by atoms with Crippen molar-refractivity contribution in [1.82, 2.24) is 56.3 Å². The normalized spacial score (nSPS) is 15.0. The van der Waals surface area contributed by atoms with Gasteiger partial charge in [-0.05, 0) is 48.5 Å². The van der Waals surface area contributed by atoms with Gasteiger partial charge in [-0.25, -0.2) is 14.2 Å². The van der Waals surface area contributed by atoms with Crippen LogP contribution in [0.4, 0.5) is 8.78 Å². The zero-order valence-electron chi connectivity index (χ0n) is 38.3. The molecule has 4 amide bonds. The molecule has 0 radical (unpaired) electrons. The van der Waals surface area contributed by atoms with Crippen molar-refractivity contribution >= 4 is 75.0 Å². The Morgan fingerprint density at radius 3 is 1.56 bits per heavy atom. The largest absolute Gasteiger partial charge is 0.360 e. The highest BCUT2D eigenvalue weighted by Crippen LogP contribution is 2.28. The smallest absolute Gasteiger partial charge is 0.295 e. The molecule has 0 aliphatic carbocycles. The lowest BCUT2D eigenvalue weighted by Gasteiger charge is -2.34.